The van der Waals surface area contributed by atoms with Crippen molar-refractivity contribution in [3.8, 4) is 0 Å². The Bertz CT molecular complexity index is 171. The van der Waals surface area contributed by atoms with Crippen LogP contribution >= 0.6 is 0 Å². The molecule has 1 aliphatic heterocycles. The van der Waals surface area contributed by atoms with Gasteiger partial charge in [0.2, 0.25) is 0 Å². The van der Waals surface area contributed by atoms with Gasteiger partial charge in [-0.05, 0) is 32.5 Å². The molecule has 0 radical (unpaired) electrons. The van der Waals surface area contributed by atoms with Crippen molar-refractivity contribution >= 4 is 0 Å². The van der Waals surface area contributed by atoms with Crippen LogP contribution in [0.5, 0.6) is 0 Å². The molecule has 1 heterocycles. The maximum Gasteiger partial charge on any atom is 0.0664 e. The zero-order chi connectivity index (χ0) is 11.3. The van der Waals surface area contributed by atoms with Crippen molar-refractivity contribution in [2.45, 2.75) is 45.8 Å². The van der Waals surface area contributed by atoms with E-state index in [0.717, 1.165) is 39.1 Å². The lowest BCUT2D eigenvalue weighted by Gasteiger charge is -2.26. The lowest BCUT2D eigenvalue weighted by Crippen LogP contribution is -2.38. The number of hydrogen-bond acceptors (Lipinski definition) is 3. The largest absolute Gasteiger partial charge is 0.392 e. The first-order valence-electron chi connectivity index (χ1n) is 6.35. The molecule has 0 bridgehead atoms. The molecule has 0 aromatic heterocycles. The highest BCUT2D eigenvalue weighted by Gasteiger charge is 2.26. The monoisotopic (exact) mass is 214 g/mol. The van der Waals surface area contributed by atoms with Gasteiger partial charge in [0.1, 0.15) is 0 Å². The Kier molecular flexibility index (Phi) is 5.58. The second kappa shape index (κ2) is 6.46. The average molecular weight is 214 g/mol. The lowest BCUT2D eigenvalue weighted by atomic mass is 10.2. The van der Waals surface area contributed by atoms with Crippen molar-refractivity contribution in [2.75, 3.05) is 32.7 Å². The summed E-state index contributed by atoms with van der Waals surface area (Å²) in [5.41, 5.74) is 0. The molecular formula is C12H26N2O. The minimum absolute atomic E-state index is 0.138. The summed E-state index contributed by atoms with van der Waals surface area (Å²) in [7, 11) is 0. The van der Waals surface area contributed by atoms with Gasteiger partial charge < -0.3 is 5.11 Å². The molecule has 1 unspecified atom stereocenters. The molecule has 0 saturated carbocycles. The Hall–Kier alpha value is -0.120. The molecule has 1 aliphatic rings. The summed E-state index contributed by atoms with van der Waals surface area (Å²) in [6.45, 7) is 11.9. The Morgan fingerprint density at radius 1 is 1.33 bits per heavy atom. The molecule has 3 nitrogen and oxygen atoms in total. The molecular weight excluding hydrogens is 188 g/mol. The van der Waals surface area contributed by atoms with Gasteiger partial charge in [0, 0.05) is 19.1 Å². The molecule has 1 rings (SSSR count). The highest BCUT2D eigenvalue weighted by molar-refractivity contribution is 4.83. The molecule has 0 aromatic carbocycles. The van der Waals surface area contributed by atoms with Gasteiger partial charge in [0.15, 0.2) is 0 Å². The number of aliphatic hydroxyl groups excluding tert-OH is 1. The van der Waals surface area contributed by atoms with Gasteiger partial charge in [0.05, 0.1) is 6.10 Å². The smallest absolute Gasteiger partial charge is 0.0664 e. The van der Waals surface area contributed by atoms with E-state index >= 15 is 0 Å². The lowest BCUT2D eigenvalue weighted by molar-refractivity contribution is 0.115. The third-order valence-corrected chi connectivity index (χ3v) is 3.52. The molecule has 0 amide bonds. The van der Waals surface area contributed by atoms with E-state index in [0.29, 0.717) is 6.04 Å². The number of β-amino-alcohol motifs (C(OH)–C–C–N with tert-alkyl or cyclic N) is 1. The predicted molar refractivity (Wildman–Crippen MR) is 64.1 cm³/mol. The maximum atomic E-state index is 9.60. The molecule has 1 saturated heterocycles. The van der Waals surface area contributed by atoms with Crippen LogP contribution in [0.2, 0.25) is 0 Å². The van der Waals surface area contributed by atoms with E-state index in [1.807, 2.05) is 6.92 Å². The van der Waals surface area contributed by atoms with Crippen molar-refractivity contribution in [1.82, 2.24) is 9.80 Å². The first kappa shape index (κ1) is 12.9. The summed E-state index contributed by atoms with van der Waals surface area (Å²) in [4.78, 5) is 4.93. The fraction of sp³-hybridized carbons (Fsp3) is 1.00. The van der Waals surface area contributed by atoms with Crippen molar-refractivity contribution in [2.24, 2.45) is 0 Å². The summed E-state index contributed by atoms with van der Waals surface area (Å²) >= 11 is 0. The van der Waals surface area contributed by atoms with E-state index in [1.165, 1.54) is 6.42 Å². The summed E-state index contributed by atoms with van der Waals surface area (Å²) in [5.74, 6) is 0. The Balaban J connectivity index is 2.31. The van der Waals surface area contributed by atoms with E-state index in [2.05, 4.69) is 23.6 Å². The van der Waals surface area contributed by atoms with Crippen LogP contribution in [-0.4, -0.2) is 59.8 Å². The van der Waals surface area contributed by atoms with Gasteiger partial charge >= 0.3 is 0 Å². The van der Waals surface area contributed by atoms with Crippen molar-refractivity contribution < 1.29 is 5.11 Å². The topological polar surface area (TPSA) is 26.7 Å². The summed E-state index contributed by atoms with van der Waals surface area (Å²) in [6.07, 6.45) is 1.99. The van der Waals surface area contributed by atoms with Crippen molar-refractivity contribution in [3.63, 3.8) is 0 Å². The van der Waals surface area contributed by atoms with Crippen LogP contribution < -0.4 is 0 Å². The third kappa shape index (κ3) is 3.74. The summed E-state index contributed by atoms with van der Waals surface area (Å²) in [5, 5.41) is 9.60. The second-order valence-electron chi connectivity index (χ2n) is 4.49. The third-order valence-electron chi connectivity index (χ3n) is 3.52. The Morgan fingerprint density at radius 3 is 2.53 bits per heavy atom. The van der Waals surface area contributed by atoms with E-state index in [9.17, 15) is 5.11 Å². The van der Waals surface area contributed by atoms with E-state index in [1.54, 1.807) is 0 Å². The molecule has 1 fully saturated rings. The van der Waals surface area contributed by atoms with Crippen LogP contribution in [0.15, 0.2) is 0 Å². The summed E-state index contributed by atoms with van der Waals surface area (Å²) < 4.78 is 0. The second-order valence-corrected chi connectivity index (χ2v) is 4.49. The SMILES string of the molecule is CC[C@@H](O)CN1CCC(N(CC)CC)C1. The molecule has 15 heavy (non-hydrogen) atoms. The van der Waals surface area contributed by atoms with Gasteiger partial charge in [-0.2, -0.15) is 0 Å². The fourth-order valence-corrected chi connectivity index (χ4v) is 2.44. The number of likely N-dealkylation sites (N-methyl/N-ethyl adjacent to an activating group) is 1. The molecule has 0 aromatic rings. The first-order valence-corrected chi connectivity index (χ1v) is 6.35. The van der Waals surface area contributed by atoms with Gasteiger partial charge in [-0.3, -0.25) is 9.80 Å². The normalized spacial score (nSPS) is 25.0. The zero-order valence-corrected chi connectivity index (χ0v) is 10.4. The number of nitrogens with zero attached hydrogens (tertiary/aromatic N) is 2. The van der Waals surface area contributed by atoms with Crippen molar-refractivity contribution in [1.29, 1.82) is 0 Å². The van der Waals surface area contributed by atoms with Crippen molar-refractivity contribution in [3.05, 3.63) is 0 Å². The number of aliphatic hydroxyl groups is 1. The Labute approximate surface area is 94.1 Å². The van der Waals surface area contributed by atoms with Gasteiger partial charge in [-0.1, -0.05) is 20.8 Å². The minimum atomic E-state index is -0.138. The average Bonchev–Trinajstić information content (AvgIpc) is 2.68. The van der Waals surface area contributed by atoms with E-state index in [4.69, 9.17) is 0 Å². The Morgan fingerprint density at radius 2 is 2.00 bits per heavy atom. The molecule has 3 heteroatoms. The first-order chi connectivity index (χ1) is 7.21. The zero-order valence-electron chi connectivity index (χ0n) is 10.4. The standard InChI is InChI=1S/C12H26N2O/c1-4-12(15)10-13-8-7-11(9-13)14(5-2)6-3/h11-12,15H,4-10H2,1-3H3/t11?,12-/m1/s1. The number of hydrogen-bond donors (Lipinski definition) is 1. The van der Waals surface area contributed by atoms with E-state index < -0.39 is 0 Å². The van der Waals surface area contributed by atoms with Gasteiger partial charge in [-0.25, -0.2) is 0 Å². The van der Waals surface area contributed by atoms with Crippen LogP contribution in [0, 0.1) is 0 Å². The number of likely N-dealkylation sites (tertiary alicyclic amines) is 1. The van der Waals surface area contributed by atoms with Crippen LogP contribution in [0.3, 0.4) is 0 Å². The molecule has 1 N–H and O–H groups in total. The number of rotatable bonds is 6. The van der Waals surface area contributed by atoms with E-state index in [-0.39, 0.29) is 6.10 Å². The van der Waals surface area contributed by atoms with Crippen LogP contribution in [0.1, 0.15) is 33.6 Å². The summed E-state index contributed by atoms with van der Waals surface area (Å²) in [6, 6.07) is 0.712. The van der Waals surface area contributed by atoms with Crippen LogP contribution in [0.4, 0.5) is 0 Å². The predicted octanol–water partition coefficient (Wildman–Crippen LogP) is 1.17. The minimum Gasteiger partial charge on any atom is -0.392 e. The highest BCUT2D eigenvalue weighted by atomic mass is 16.3. The highest BCUT2D eigenvalue weighted by Crippen LogP contribution is 2.15. The quantitative estimate of drug-likeness (QED) is 0.719. The van der Waals surface area contributed by atoms with Gasteiger partial charge in [0.25, 0.3) is 0 Å². The fourth-order valence-electron chi connectivity index (χ4n) is 2.44. The molecule has 90 valence electrons. The molecule has 2 atom stereocenters. The molecule has 0 aliphatic carbocycles. The van der Waals surface area contributed by atoms with Gasteiger partial charge in [-0.15, -0.1) is 0 Å². The maximum absolute atomic E-state index is 9.60. The molecule has 0 spiro atoms. The van der Waals surface area contributed by atoms with Crippen LogP contribution in [0.25, 0.3) is 0 Å². The van der Waals surface area contributed by atoms with Crippen LogP contribution in [-0.2, 0) is 0 Å².